The summed E-state index contributed by atoms with van der Waals surface area (Å²) in [6.07, 6.45) is 1.84. The molecule has 0 unspecified atom stereocenters. The first kappa shape index (κ1) is 12.0. The molecule has 1 aliphatic rings. The van der Waals surface area contributed by atoms with E-state index in [1.165, 1.54) is 0 Å². The maximum absolute atomic E-state index is 5.46. The van der Waals surface area contributed by atoms with Gasteiger partial charge in [-0.05, 0) is 31.7 Å². The Labute approximate surface area is 112 Å². The van der Waals surface area contributed by atoms with Crippen LogP contribution >= 0.6 is 0 Å². The van der Waals surface area contributed by atoms with Gasteiger partial charge in [-0.2, -0.15) is 0 Å². The molecule has 0 bridgehead atoms. The van der Waals surface area contributed by atoms with Gasteiger partial charge >= 0.3 is 0 Å². The van der Waals surface area contributed by atoms with Crippen molar-refractivity contribution in [3.05, 3.63) is 29.7 Å². The number of aromatic nitrogens is 2. The van der Waals surface area contributed by atoms with E-state index < -0.39 is 0 Å². The maximum Gasteiger partial charge on any atom is 0.231 e. The van der Waals surface area contributed by atoms with Gasteiger partial charge in [-0.3, -0.25) is 0 Å². The van der Waals surface area contributed by atoms with Gasteiger partial charge in [-0.1, -0.05) is 0 Å². The molecule has 1 N–H and O–H groups in total. The third-order valence-electron chi connectivity index (χ3n) is 3.33. The summed E-state index contributed by atoms with van der Waals surface area (Å²) < 4.78 is 12.9. The summed E-state index contributed by atoms with van der Waals surface area (Å²) in [5, 5.41) is 3.15. The van der Waals surface area contributed by atoms with Crippen molar-refractivity contribution in [2.45, 2.75) is 13.5 Å². The van der Waals surface area contributed by atoms with Crippen LogP contribution in [0.1, 0.15) is 11.3 Å². The number of ether oxygens (including phenoxy) is 2. The molecule has 0 atom stereocenters. The van der Waals surface area contributed by atoms with Gasteiger partial charge in [0.15, 0.2) is 11.5 Å². The number of nitrogens with zero attached hydrogens (tertiary/aromatic N) is 2. The summed E-state index contributed by atoms with van der Waals surface area (Å²) >= 11 is 0. The molecule has 0 fully saturated rings. The fraction of sp³-hybridized carbons (Fsp3) is 0.357. The highest BCUT2D eigenvalue weighted by Crippen LogP contribution is 2.39. The number of rotatable bonds is 3. The normalized spacial score (nSPS) is 13.0. The zero-order valence-electron chi connectivity index (χ0n) is 11.4. The van der Waals surface area contributed by atoms with Crippen LogP contribution in [-0.4, -0.2) is 23.4 Å². The first-order chi connectivity index (χ1) is 9.20. The van der Waals surface area contributed by atoms with Crippen molar-refractivity contribution in [2.75, 3.05) is 13.8 Å². The van der Waals surface area contributed by atoms with E-state index in [0.29, 0.717) is 6.79 Å². The Morgan fingerprint density at radius 3 is 2.79 bits per heavy atom. The second-order valence-corrected chi connectivity index (χ2v) is 4.70. The van der Waals surface area contributed by atoms with Crippen LogP contribution < -0.4 is 14.8 Å². The van der Waals surface area contributed by atoms with Crippen LogP contribution in [0, 0.1) is 6.92 Å². The SMILES string of the molecule is CNCc1ncn(C)c1-c1cc2c(cc1C)OCO2. The van der Waals surface area contributed by atoms with E-state index in [0.717, 1.165) is 40.6 Å². The van der Waals surface area contributed by atoms with Gasteiger partial charge in [0.25, 0.3) is 0 Å². The highest BCUT2D eigenvalue weighted by Gasteiger charge is 2.19. The van der Waals surface area contributed by atoms with Crippen molar-refractivity contribution in [3.8, 4) is 22.8 Å². The van der Waals surface area contributed by atoms with Gasteiger partial charge in [-0.15, -0.1) is 0 Å². The van der Waals surface area contributed by atoms with Crippen molar-refractivity contribution in [1.29, 1.82) is 0 Å². The molecular weight excluding hydrogens is 242 g/mol. The summed E-state index contributed by atoms with van der Waals surface area (Å²) in [5.74, 6) is 1.62. The van der Waals surface area contributed by atoms with Crippen LogP contribution in [0.3, 0.4) is 0 Å². The number of benzene rings is 1. The third-order valence-corrected chi connectivity index (χ3v) is 3.33. The largest absolute Gasteiger partial charge is 0.454 e. The van der Waals surface area contributed by atoms with Gasteiger partial charge in [-0.25, -0.2) is 4.98 Å². The number of fused-ring (bicyclic) bond motifs is 1. The Balaban J connectivity index is 2.14. The molecule has 2 heterocycles. The number of aryl methyl sites for hydroxylation is 2. The number of hydrogen-bond acceptors (Lipinski definition) is 4. The van der Waals surface area contributed by atoms with E-state index >= 15 is 0 Å². The van der Waals surface area contributed by atoms with E-state index in [4.69, 9.17) is 9.47 Å². The third kappa shape index (κ3) is 1.96. The average Bonchev–Trinajstić information content (AvgIpc) is 2.96. The van der Waals surface area contributed by atoms with Crippen LogP contribution in [-0.2, 0) is 13.6 Å². The van der Waals surface area contributed by atoms with E-state index in [2.05, 4.69) is 17.2 Å². The molecule has 2 aromatic rings. The minimum absolute atomic E-state index is 0.299. The van der Waals surface area contributed by atoms with Gasteiger partial charge in [0, 0.05) is 19.2 Å². The summed E-state index contributed by atoms with van der Waals surface area (Å²) in [4.78, 5) is 4.44. The van der Waals surface area contributed by atoms with Gasteiger partial charge in [0.1, 0.15) is 0 Å². The highest BCUT2D eigenvalue weighted by atomic mass is 16.7. The Bertz CT molecular complexity index is 619. The lowest BCUT2D eigenvalue weighted by molar-refractivity contribution is 0.174. The predicted octanol–water partition coefficient (Wildman–Crippen LogP) is 1.84. The fourth-order valence-corrected chi connectivity index (χ4v) is 2.42. The minimum Gasteiger partial charge on any atom is -0.454 e. The summed E-state index contributed by atoms with van der Waals surface area (Å²) in [6, 6.07) is 4.06. The molecule has 1 aromatic carbocycles. The summed E-state index contributed by atoms with van der Waals surface area (Å²) in [5.41, 5.74) is 4.44. The first-order valence-corrected chi connectivity index (χ1v) is 6.26. The lowest BCUT2D eigenvalue weighted by atomic mass is 10.0. The van der Waals surface area contributed by atoms with Crippen molar-refractivity contribution in [1.82, 2.24) is 14.9 Å². The lowest BCUT2D eigenvalue weighted by Gasteiger charge is -2.10. The minimum atomic E-state index is 0.299. The molecule has 1 aliphatic heterocycles. The fourth-order valence-electron chi connectivity index (χ4n) is 2.42. The van der Waals surface area contributed by atoms with Crippen molar-refractivity contribution in [2.24, 2.45) is 7.05 Å². The van der Waals surface area contributed by atoms with Crippen LogP contribution in [0.4, 0.5) is 0 Å². The zero-order chi connectivity index (χ0) is 13.4. The molecule has 0 saturated carbocycles. The molecule has 5 heteroatoms. The van der Waals surface area contributed by atoms with Gasteiger partial charge in [0.05, 0.1) is 17.7 Å². The maximum atomic E-state index is 5.46. The molecule has 5 nitrogen and oxygen atoms in total. The molecule has 0 aliphatic carbocycles. The van der Waals surface area contributed by atoms with Gasteiger partial charge < -0.3 is 19.4 Å². The summed E-state index contributed by atoms with van der Waals surface area (Å²) in [7, 11) is 3.93. The Morgan fingerprint density at radius 2 is 2.05 bits per heavy atom. The lowest BCUT2D eigenvalue weighted by Crippen LogP contribution is -2.07. The van der Waals surface area contributed by atoms with Crippen LogP contribution in [0.2, 0.25) is 0 Å². The standard InChI is InChI=1S/C14H17N3O2/c1-9-4-12-13(19-8-18-12)5-10(9)14-11(6-15-2)16-7-17(14)3/h4-5,7,15H,6,8H2,1-3H3. The van der Waals surface area contributed by atoms with E-state index in [9.17, 15) is 0 Å². The van der Waals surface area contributed by atoms with Crippen LogP contribution in [0.25, 0.3) is 11.3 Å². The molecule has 0 amide bonds. The molecule has 100 valence electrons. The average molecular weight is 259 g/mol. The number of nitrogens with one attached hydrogen (secondary N) is 1. The van der Waals surface area contributed by atoms with Crippen molar-refractivity contribution >= 4 is 0 Å². The van der Waals surface area contributed by atoms with Crippen LogP contribution in [0.5, 0.6) is 11.5 Å². The second-order valence-electron chi connectivity index (χ2n) is 4.70. The predicted molar refractivity (Wildman–Crippen MR) is 72.3 cm³/mol. The molecule has 0 spiro atoms. The van der Waals surface area contributed by atoms with E-state index in [1.54, 1.807) is 0 Å². The highest BCUT2D eigenvalue weighted by molar-refractivity contribution is 5.70. The molecule has 0 saturated heterocycles. The van der Waals surface area contributed by atoms with Gasteiger partial charge in [0.2, 0.25) is 6.79 Å². The van der Waals surface area contributed by atoms with E-state index in [1.807, 2.05) is 37.1 Å². The van der Waals surface area contributed by atoms with Crippen molar-refractivity contribution in [3.63, 3.8) is 0 Å². The monoisotopic (exact) mass is 259 g/mol. The molecular formula is C14H17N3O2. The Morgan fingerprint density at radius 1 is 1.32 bits per heavy atom. The Hall–Kier alpha value is -2.01. The topological polar surface area (TPSA) is 48.3 Å². The molecule has 3 rings (SSSR count). The first-order valence-electron chi connectivity index (χ1n) is 6.26. The molecule has 19 heavy (non-hydrogen) atoms. The second kappa shape index (κ2) is 4.59. The van der Waals surface area contributed by atoms with Crippen molar-refractivity contribution < 1.29 is 9.47 Å². The quantitative estimate of drug-likeness (QED) is 0.913. The molecule has 0 radical (unpaired) electrons. The smallest absolute Gasteiger partial charge is 0.231 e. The zero-order valence-corrected chi connectivity index (χ0v) is 11.4. The van der Waals surface area contributed by atoms with Crippen LogP contribution in [0.15, 0.2) is 18.5 Å². The Kier molecular flexibility index (Phi) is 2.91. The number of hydrogen-bond donors (Lipinski definition) is 1. The molecule has 1 aromatic heterocycles. The van der Waals surface area contributed by atoms with E-state index in [-0.39, 0.29) is 0 Å². The number of imidazole rings is 1. The summed E-state index contributed by atoms with van der Waals surface area (Å²) in [6.45, 7) is 3.12.